The SMILES string of the molecule is CSCC[C@H](NC(=O)[C@H](CO)NC(=O)[C@@H](N)CCC(=O)O)C(=O)N[C@@H](CC(=O)O)C(=O)S. The number of thiol groups is 1. The summed E-state index contributed by atoms with van der Waals surface area (Å²) in [5.41, 5.74) is 5.56. The number of aliphatic hydroxyl groups is 1. The Morgan fingerprint density at radius 1 is 0.875 bits per heavy atom. The maximum absolute atomic E-state index is 12.5. The van der Waals surface area contributed by atoms with Gasteiger partial charge in [-0.15, -0.1) is 12.6 Å². The number of carboxylic acid groups (broad SMARTS) is 2. The molecule has 13 nitrogen and oxygen atoms in total. The van der Waals surface area contributed by atoms with Crippen LogP contribution in [0.4, 0.5) is 0 Å². The molecule has 0 heterocycles. The molecule has 0 saturated heterocycles. The number of thioether (sulfide) groups is 1. The van der Waals surface area contributed by atoms with Crippen molar-refractivity contribution in [2.75, 3.05) is 18.6 Å². The predicted octanol–water partition coefficient (Wildman–Crippen LogP) is -2.69. The van der Waals surface area contributed by atoms with Gasteiger partial charge in [-0.2, -0.15) is 11.8 Å². The van der Waals surface area contributed by atoms with E-state index in [9.17, 15) is 33.9 Å². The third-order valence-corrected chi connectivity index (χ3v) is 5.01. The summed E-state index contributed by atoms with van der Waals surface area (Å²) < 4.78 is 0. The van der Waals surface area contributed by atoms with Crippen molar-refractivity contribution in [2.45, 2.75) is 49.9 Å². The summed E-state index contributed by atoms with van der Waals surface area (Å²) in [6.45, 7) is -0.836. The number of hydrogen-bond acceptors (Lipinski definition) is 9. The number of carboxylic acids is 2. The van der Waals surface area contributed by atoms with E-state index in [0.717, 1.165) is 0 Å². The number of aliphatic hydroxyl groups excluding tert-OH is 1. The lowest BCUT2D eigenvalue weighted by atomic mass is 10.1. The molecule has 0 aromatic rings. The molecule has 0 radical (unpaired) electrons. The molecule has 0 fully saturated rings. The van der Waals surface area contributed by atoms with Crippen LogP contribution in [-0.2, 0) is 28.8 Å². The second-order valence-electron chi connectivity index (χ2n) is 6.62. The second-order valence-corrected chi connectivity index (χ2v) is 8.05. The Morgan fingerprint density at radius 2 is 1.41 bits per heavy atom. The van der Waals surface area contributed by atoms with E-state index in [2.05, 4.69) is 28.6 Å². The molecule has 0 unspecified atom stereocenters. The van der Waals surface area contributed by atoms with Gasteiger partial charge in [0, 0.05) is 6.42 Å². The minimum absolute atomic E-state index is 0.101. The topological polar surface area (TPSA) is 225 Å². The number of nitrogens with two attached hydrogens (primary N) is 1. The molecule has 0 spiro atoms. The Morgan fingerprint density at radius 3 is 1.88 bits per heavy atom. The summed E-state index contributed by atoms with van der Waals surface area (Å²) in [5, 5.41) is 32.8. The van der Waals surface area contributed by atoms with E-state index in [4.69, 9.17) is 15.9 Å². The van der Waals surface area contributed by atoms with Gasteiger partial charge >= 0.3 is 11.9 Å². The van der Waals surface area contributed by atoms with Gasteiger partial charge in [0.1, 0.15) is 18.1 Å². The molecule has 0 aromatic carbocycles. The van der Waals surface area contributed by atoms with Crippen LogP contribution in [-0.4, -0.2) is 92.9 Å². The molecular weight excluding hydrogens is 468 g/mol. The quantitative estimate of drug-likeness (QED) is 0.103. The molecule has 15 heteroatoms. The van der Waals surface area contributed by atoms with Gasteiger partial charge in [0.05, 0.1) is 19.1 Å². The lowest BCUT2D eigenvalue weighted by Gasteiger charge is -2.24. The second kappa shape index (κ2) is 15.4. The highest BCUT2D eigenvalue weighted by molar-refractivity contribution is 7.98. The Kier molecular flexibility index (Phi) is 14.3. The molecular formula is C17H28N4O9S2. The van der Waals surface area contributed by atoms with Gasteiger partial charge in [0.15, 0.2) is 0 Å². The Balaban J connectivity index is 5.20. The summed E-state index contributed by atoms with van der Waals surface area (Å²) >= 11 is 4.90. The number of hydrogen-bond donors (Lipinski definition) is 8. The molecule has 32 heavy (non-hydrogen) atoms. The van der Waals surface area contributed by atoms with Crippen molar-refractivity contribution in [3.63, 3.8) is 0 Å². The smallest absolute Gasteiger partial charge is 0.305 e. The van der Waals surface area contributed by atoms with Crippen molar-refractivity contribution in [1.82, 2.24) is 16.0 Å². The fourth-order valence-electron chi connectivity index (χ4n) is 2.31. The summed E-state index contributed by atoms with van der Waals surface area (Å²) in [7, 11) is 0. The predicted molar refractivity (Wildman–Crippen MR) is 117 cm³/mol. The first-order valence-electron chi connectivity index (χ1n) is 9.35. The molecule has 0 rings (SSSR count). The minimum Gasteiger partial charge on any atom is -0.481 e. The van der Waals surface area contributed by atoms with Gasteiger partial charge in [-0.05, 0) is 24.9 Å². The number of amides is 3. The van der Waals surface area contributed by atoms with Crippen LogP contribution in [0.3, 0.4) is 0 Å². The van der Waals surface area contributed by atoms with Crippen LogP contribution < -0.4 is 21.7 Å². The molecule has 182 valence electrons. The highest BCUT2D eigenvalue weighted by Gasteiger charge is 2.30. The number of carbonyl (C=O) groups excluding carboxylic acids is 4. The monoisotopic (exact) mass is 496 g/mol. The van der Waals surface area contributed by atoms with Gasteiger partial charge in [-0.1, -0.05) is 0 Å². The molecule has 0 aliphatic rings. The van der Waals surface area contributed by atoms with Gasteiger partial charge in [-0.3, -0.25) is 28.8 Å². The molecule has 4 atom stereocenters. The lowest BCUT2D eigenvalue weighted by Crippen LogP contribution is -2.58. The number of carbonyl (C=O) groups is 6. The van der Waals surface area contributed by atoms with Crippen LogP contribution in [0, 0.1) is 0 Å². The summed E-state index contributed by atoms with van der Waals surface area (Å²) in [6.07, 6.45) is 0.576. The first kappa shape index (κ1) is 29.6. The van der Waals surface area contributed by atoms with Crippen LogP contribution in [0.15, 0.2) is 0 Å². The average molecular weight is 497 g/mol. The fourth-order valence-corrected chi connectivity index (χ4v) is 2.93. The molecule has 3 amide bonds. The maximum Gasteiger partial charge on any atom is 0.305 e. The minimum atomic E-state index is -1.48. The van der Waals surface area contributed by atoms with Crippen molar-refractivity contribution in [3.8, 4) is 0 Å². The Bertz CT molecular complexity index is 708. The number of nitrogens with one attached hydrogen (secondary N) is 3. The third-order valence-electron chi connectivity index (χ3n) is 4.06. The maximum atomic E-state index is 12.5. The zero-order valence-corrected chi connectivity index (χ0v) is 19.0. The van der Waals surface area contributed by atoms with Gasteiger partial charge in [0.25, 0.3) is 0 Å². The van der Waals surface area contributed by atoms with E-state index in [1.807, 2.05) is 0 Å². The largest absolute Gasteiger partial charge is 0.481 e. The summed E-state index contributed by atoms with van der Waals surface area (Å²) in [4.78, 5) is 70.0. The summed E-state index contributed by atoms with van der Waals surface area (Å²) in [6, 6.07) is -5.34. The Labute approximate surface area is 193 Å². The molecule has 0 aliphatic carbocycles. The van der Waals surface area contributed by atoms with Gasteiger partial charge in [-0.25, -0.2) is 0 Å². The van der Waals surface area contributed by atoms with Gasteiger partial charge < -0.3 is 37.0 Å². The van der Waals surface area contributed by atoms with Crippen LogP contribution in [0.25, 0.3) is 0 Å². The van der Waals surface area contributed by atoms with E-state index in [1.165, 1.54) is 11.8 Å². The van der Waals surface area contributed by atoms with Crippen molar-refractivity contribution in [1.29, 1.82) is 0 Å². The molecule has 0 aromatic heterocycles. The van der Waals surface area contributed by atoms with Crippen molar-refractivity contribution in [3.05, 3.63) is 0 Å². The Hall–Kier alpha value is -2.36. The lowest BCUT2D eigenvalue weighted by molar-refractivity contribution is -0.139. The van der Waals surface area contributed by atoms with E-state index < -0.39 is 72.0 Å². The van der Waals surface area contributed by atoms with Crippen molar-refractivity contribution in [2.24, 2.45) is 5.73 Å². The molecule has 0 bridgehead atoms. The summed E-state index contributed by atoms with van der Waals surface area (Å²) in [5.74, 6) is -4.74. The van der Waals surface area contributed by atoms with Crippen LogP contribution in [0.5, 0.6) is 0 Å². The first-order valence-corrected chi connectivity index (χ1v) is 11.2. The standard InChI is InChI=1S/C17H28N4O9S2/c1-32-5-4-9(15(28)20-10(17(30)31)6-13(25)26)19-16(29)11(7-22)21-14(27)8(18)2-3-12(23)24/h8-11,22H,2-7,18H2,1H3,(H,19,29)(H,20,28)(H,21,27)(H,23,24)(H,25,26)(H,30,31)/t8-,9-,10-,11-/m0/s1. The van der Waals surface area contributed by atoms with E-state index in [-0.39, 0.29) is 19.3 Å². The normalized spacial score (nSPS) is 14.4. The van der Waals surface area contributed by atoms with Crippen molar-refractivity contribution >= 4 is 59.2 Å². The van der Waals surface area contributed by atoms with Gasteiger partial charge in [0.2, 0.25) is 22.8 Å². The highest BCUT2D eigenvalue weighted by atomic mass is 32.2. The average Bonchev–Trinajstić information content (AvgIpc) is 2.71. The third kappa shape index (κ3) is 11.9. The van der Waals surface area contributed by atoms with E-state index in [1.54, 1.807) is 6.26 Å². The zero-order valence-electron chi connectivity index (χ0n) is 17.3. The number of aliphatic carboxylic acids is 2. The van der Waals surface area contributed by atoms with E-state index in [0.29, 0.717) is 5.75 Å². The van der Waals surface area contributed by atoms with E-state index >= 15 is 0 Å². The fraction of sp³-hybridized carbons (Fsp3) is 0.647. The zero-order chi connectivity index (χ0) is 24.8. The van der Waals surface area contributed by atoms with Crippen LogP contribution in [0.2, 0.25) is 0 Å². The number of rotatable bonds is 16. The molecule has 0 saturated carbocycles. The highest BCUT2D eigenvalue weighted by Crippen LogP contribution is 2.05. The van der Waals surface area contributed by atoms with Crippen molar-refractivity contribution < 1.29 is 44.1 Å². The molecule has 0 aliphatic heterocycles. The van der Waals surface area contributed by atoms with Crippen LogP contribution >= 0.6 is 24.4 Å². The van der Waals surface area contributed by atoms with Crippen LogP contribution in [0.1, 0.15) is 25.7 Å². The molecule has 8 N–H and O–H groups in total. The first-order chi connectivity index (χ1) is 14.9.